The Labute approximate surface area is 315 Å². The van der Waals surface area contributed by atoms with E-state index in [0.717, 1.165) is 33.9 Å². The Morgan fingerprint density at radius 3 is 1.30 bits per heavy atom. The number of benzene rings is 7. The van der Waals surface area contributed by atoms with Crippen molar-refractivity contribution in [1.29, 1.82) is 0 Å². The smallest absolute Gasteiger partial charge is 0.0466 e. The molecule has 0 radical (unpaired) electrons. The van der Waals surface area contributed by atoms with E-state index in [2.05, 4.69) is 221 Å². The van der Waals surface area contributed by atoms with Gasteiger partial charge in [-0.05, 0) is 156 Å². The van der Waals surface area contributed by atoms with Crippen LogP contribution in [0.1, 0.15) is 58.4 Å². The van der Waals surface area contributed by atoms with Gasteiger partial charge in [-0.2, -0.15) is 0 Å². The highest BCUT2D eigenvalue weighted by Gasteiger charge is 2.35. The Hall–Kier alpha value is -6.12. The topological polar surface area (TPSA) is 6.48 Å². The van der Waals surface area contributed by atoms with Gasteiger partial charge in [0.15, 0.2) is 0 Å². The van der Waals surface area contributed by atoms with Crippen molar-refractivity contribution in [2.45, 2.75) is 47.0 Å². The van der Waals surface area contributed by atoms with E-state index >= 15 is 0 Å². The van der Waals surface area contributed by atoms with Gasteiger partial charge in [-0.1, -0.05) is 111 Å². The molecule has 53 heavy (non-hydrogen) atoms. The first-order valence-corrected chi connectivity index (χ1v) is 18.6. The number of para-hydroxylation sites is 1. The molecule has 2 heteroatoms. The lowest BCUT2D eigenvalue weighted by molar-refractivity contribution is 0.660. The van der Waals surface area contributed by atoms with Gasteiger partial charge in [0.2, 0.25) is 0 Å². The van der Waals surface area contributed by atoms with Crippen LogP contribution in [0.5, 0.6) is 0 Å². The maximum Gasteiger partial charge on any atom is 0.0466 e. The third-order valence-electron chi connectivity index (χ3n) is 10.5. The number of anilines is 6. The summed E-state index contributed by atoms with van der Waals surface area (Å²) in [5.74, 6) is 0. The molecule has 1 aliphatic rings. The van der Waals surface area contributed by atoms with E-state index in [4.69, 9.17) is 0 Å². The van der Waals surface area contributed by atoms with Crippen LogP contribution in [0, 0.1) is 27.7 Å². The zero-order chi connectivity index (χ0) is 36.7. The summed E-state index contributed by atoms with van der Waals surface area (Å²) in [5.41, 5.74) is 19.6. The molecule has 2 nitrogen and oxygen atoms in total. The minimum absolute atomic E-state index is 0.0608. The average molecular weight is 687 g/mol. The SMILES string of the molecule is Cc1cc(C)cc(N(c2ccc(C=Cc3ccc(N(c4ccccc4)c4ccc5c(c4)C(C)(C)c4ccccc4-5)cc3)cc2)c2cc(C)cc(C)c2)c1. The molecule has 8 rings (SSSR count). The normalized spacial score (nSPS) is 12.8. The molecular formula is C51H46N2. The van der Waals surface area contributed by atoms with Crippen LogP contribution in [0.15, 0.2) is 158 Å². The summed E-state index contributed by atoms with van der Waals surface area (Å²) in [6, 6.07) is 57.8. The van der Waals surface area contributed by atoms with Crippen molar-refractivity contribution in [3.63, 3.8) is 0 Å². The Kier molecular flexibility index (Phi) is 8.84. The Balaban J connectivity index is 1.07. The molecule has 0 atom stereocenters. The second-order valence-corrected chi connectivity index (χ2v) is 15.1. The number of hydrogen-bond donors (Lipinski definition) is 0. The molecule has 0 N–H and O–H groups in total. The van der Waals surface area contributed by atoms with Gasteiger partial charge in [-0.3, -0.25) is 0 Å². The van der Waals surface area contributed by atoms with E-state index in [9.17, 15) is 0 Å². The van der Waals surface area contributed by atoms with E-state index in [1.807, 2.05) is 0 Å². The molecule has 0 unspecified atom stereocenters. The third-order valence-corrected chi connectivity index (χ3v) is 10.5. The highest BCUT2D eigenvalue weighted by molar-refractivity contribution is 5.86. The van der Waals surface area contributed by atoms with E-state index in [1.54, 1.807) is 0 Å². The van der Waals surface area contributed by atoms with Crippen LogP contribution >= 0.6 is 0 Å². The predicted molar refractivity (Wildman–Crippen MR) is 228 cm³/mol. The van der Waals surface area contributed by atoms with Crippen molar-refractivity contribution >= 4 is 46.3 Å². The predicted octanol–water partition coefficient (Wildman–Crippen LogP) is 14.3. The lowest BCUT2D eigenvalue weighted by Gasteiger charge is -2.28. The highest BCUT2D eigenvalue weighted by Crippen LogP contribution is 2.50. The van der Waals surface area contributed by atoms with Crippen LogP contribution in [-0.4, -0.2) is 0 Å². The lowest BCUT2D eigenvalue weighted by atomic mass is 9.82. The van der Waals surface area contributed by atoms with Crippen LogP contribution in [0.2, 0.25) is 0 Å². The molecule has 0 saturated carbocycles. The molecule has 7 aromatic rings. The van der Waals surface area contributed by atoms with E-state index in [1.165, 1.54) is 55.9 Å². The van der Waals surface area contributed by atoms with Crippen LogP contribution in [0.3, 0.4) is 0 Å². The van der Waals surface area contributed by atoms with Gasteiger partial charge in [-0.25, -0.2) is 0 Å². The fourth-order valence-electron chi connectivity index (χ4n) is 8.12. The van der Waals surface area contributed by atoms with Crippen molar-refractivity contribution in [3.05, 3.63) is 202 Å². The third kappa shape index (κ3) is 6.69. The summed E-state index contributed by atoms with van der Waals surface area (Å²) in [4.78, 5) is 4.73. The summed E-state index contributed by atoms with van der Waals surface area (Å²) in [7, 11) is 0. The Morgan fingerprint density at radius 2 is 0.774 bits per heavy atom. The van der Waals surface area contributed by atoms with Crippen molar-refractivity contribution in [1.82, 2.24) is 0 Å². The van der Waals surface area contributed by atoms with Gasteiger partial charge < -0.3 is 9.80 Å². The summed E-state index contributed by atoms with van der Waals surface area (Å²) >= 11 is 0. The molecule has 7 aromatic carbocycles. The summed E-state index contributed by atoms with van der Waals surface area (Å²) in [5, 5.41) is 0. The number of aryl methyl sites for hydroxylation is 4. The van der Waals surface area contributed by atoms with Crippen LogP contribution in [0.25, 0.3) is 23.3 Å². The molecule has 0 spiro atoms. The van der Waals surface area contributed by atoms with Crippen molar-refractivity contribution < 1.29 is 0 Å². The number of fused-ring (bicyclic) bond motifs is 3. The van der Waals surface area contributed by atoms with E-state index < -0.39 is 0 Å². The van der Waals surface area contributed by atoms with Crippen molar-refractivity contribution in [2.24, 2.45) is 0 Å². The molecule has 1 aliphatic carbocycles. The van der Waals surface area contributed by atoms with Crippen LogP contribution < -0.4 is 9.80 Å². The molecule has 0 amide bonds. The second kappa shape index (κ2) is 13.8. The van der Waals surface area contributed by atoms with Gasteiger partial charge in [-0.15, -0.1) is 0 Å². The zero-order valence-electron chi connectivity index (χ0n) is 31.6. The zero-order valence-corrected chi connectivity index (χ0v) is 31.6. The van der Waals surface area contributed by atoms with Crippen molar-refractivity contribution in [3.8, 4) is 11.1 Å². The van der Waals surface area contributed by atoms with Gasteiger partial charge in [0.1, 0.15) is 0 Å². The first-order valence-electron chi connectivity index (χ1n) is 18.6. The first kappa shape index (κ1) is 34.0. The van der Waals surface area contributed by atoms with Crippen LogP contribution in [0.4, 0.5) is 34.1 Å². The molecule has 0 fully saturated rings. The summed E-state index contributed by atoms with van der Waals surface area (Å²) < 4.78 is 0. The van der Waals surface area contributed by atoms with Gasteiger partial charge in [0, 0.05) is 39.5 Å². The molecule has 0 aromatic heterocycles. The van der Waals surface area contributed by atoms with Crippen LogP contribution in [-0.2, 0) is 5.41 Å². The second-order valence-electron chi connectivity index (χ2n) is 15.1. The molecular weight excluding hydrogens is 641 g/mol. The molecule has 0 heterocycles. The first-order chi connectivity index (χ1) is 25.6. The Morgan fingerprint density at radius 1 is 0.358 bits per heavy atom. The molecule has 0 saturated heterocycles. The van der Waals surface area contributed by atoms with Crippen molar-refractivity contribution in [2.75, 3.05) is 9.80 Å². The maximum atomic E-state index is 2.39. The summed E-state index contributed by atoms with van der Waals surface area (Å²) in [6.45, 7) is 13.4. The summed E-state index contributed by atoms with van der Waals surface area (Å²) in [6.07, 6.45) is 4.40. The number of hydrogen-bond acceptors (Lipinski definition) is 2. The van der Waals surface area contributed by atoms with Gasteiger partial charge >= 0.3 is 0 Å². The lowest BCUT2D eigenvalue weighted by Crippen LogP contribution is -2.16. The fraction of sp³-hybridized carbons (Fsp3) is 0.137. The monoisotopic (exact) mass is 686 g/mol. The van der Waals surface area contributed by atoms with Gasteiger partial charge in [0.05, 0.1) is 0 Å². The quantitative estimate of drug-likeness (QED) is 0.147. The minimum Gasteiger partial charge on any atom is -0.310 e. The number of rotatable bonds is 8. The maximum absolute atomic E-state index is 2.39. The average Bonchev–Trinajstić information content (AvgIpc) is 3.37. The molecule has 0 aliphatic heterocycles. The minimum atomic E-state index is -0.0608. The standard InChI is InChI=1S/C51H46N2/c1-35-28-36(2)31-45(30-35)53(46-32-37(3)29-38(4)33-46)43-24-20-40(21-25-43)17-16-39-18-22-42(23-19-39)52(41-12-8-7-9-13-41)44-26-27-48-47-14-10-11-15-49(47)51(5,6)50(48)34-44/h7-34H,1-6H3. The fourth-order valence-corrected chi connectivity index (χ4v) is 8.12. The van der Waals surface area contributed by atoms with E-state index in [0.29, 0.717) is 0 Å². The Bertz CT molecular complexity index is 2360. The number of nitrogens with zero attached hydrogens (tertiary/aromatic N) is 2. The largest absolute Gasteiger partial charge is 0.310 e. The van der Waals surface area contributed by atoms with Gasteiger partial charge in [0.25, 0.3) is 0 Å². The highest BCUT2D eigenvalue weighted by atomic mass is 15.1. The molecule has 260 valence electrons. The molecule has 0 bridgehead atoms. The van der Waals surface area contributed by atoms with E-state index in [-0.39, 0.29) is 5.41 Å².